The van der Waals surface area contributed by atoms with Crippen LogP contribution in [0, 0.1) is 11.7 Å². The number of hydrogen-bond acceptors (Lipinski definition) is 2. The molecular formula is C16H15N3S. The van der Waals surface area contributed by atoms with Crippen LogP contribution >= 0.6 is 12.2 Å². The van der Waals surface area contributed by atoms with E-state index in [1.807, 2.05) is 23.6 Å². The van der Waals surface area contributed by atoms with Crippen LogP contribution in [0.25, 0.3) is 16.9 Å². The van der Waals surface area contributed by atoms with Gasteiger partial charge in [-0.3, -0.25) is 4.57 Å². The van der Waals surface area contributed by atoms with Gasteiger partial charge in [-0.2, -0.15) is 0 Å². The maximum absolute atomic E-state index is 5.47. The summed E-state index contributed by atoms with van der Waals surface area (Å²) in [6.45, 7) is 2.00. The summed E-state index contributed by atoms with van der Waals surface area (Å²) in [6.07, 6.45) is 3.63. The largest absolute Gasteiger partial charge is 0.329 e. The average Bonchev–Trinajstić information content (AvgIpc) is 3.00. The summed E-state index contributed by atoms with van der Waals surface area (Å²) in [7, 11) is 0. The van der Waals surface area contributed by atoms with Crippen molar-refractivity contribution in [3.8, 4) is 5.69 Å². The van der Waals surface area contributed by atoms with E-state index in [2.05, 4.69) is 28.2 Å². The lowest BCUT2D eigenvalue weighted by molar-refractivity contribution is 0.911. The molecule has 3 aromatic rings. The summed E-state index contributed by atoms with van der Waals surface area (Å²) in [5.74, 6) is 0. The monoisotopic (exact) mass is 281 g/mol. The van der Waals surface area contributed by atoms with Gasteiger partial charge in [0.1, 0.15) is 0 Å². The molecule has 4 heteroatoms. The first kappa shape index (κ1) is 11.9. The Morgan fingerprint density at radius 3 is 2.90 bits per heavy atom. The van der Waals surface area contributed by atoms with Gasteiger partial charge in [0.05, 0.1) is 11.2 Å². The predicted molar refractivity (Wildman–Crippen MR) is 83.0 cm³/mol. The highest BCUT2D eigenvalue weighted by atomic mass is 32.1. The van der Waals surface area contributed by atoms with Crippen molar-refractivity contribution in [3.05, 3.63) is 51.9 Å². The van der Waals surface area contributed by atoms with E-state index in [1.54, 1.807) is 0 Å². The molecule has 20 heavy (non-hydrogen) atoms. The average molecular weight is 281 g/mol. The summed E-state index contributed by atoms with van der Waals surface area (Å²) < 4.78 is 2.74. The van der Waals surface area contributed by atoms with E-state index >= 15 is 0 Å². The number of hydrogen-bond donors (Lipinski definition) is 1. The molecule has 0 radical (unpaired) electrons. The van der Waals surface area contributed by atoms with Crippen molar-refractivity contribution < 1.29 is 0 Å². The second-order valence-electron chi connectivity index (χ2n) is 5.40. The van der Waals surface area contributed by atoms with Gasteiger partial charge >= 0.3 is 0 Å². The lowest BCUT2D eigenvalue weighted by Gasteiger charge is -2.07. The minimum Gasteiger partial charge on any atom is -0.329 e. The van der Waals surface area contributed by atoms with Gasteiger partial charge in [0.25, 0.3) is 0 Å². The van der Waals surface area contributed by atoms with Gasteiger partial charge < -0.3 is 4.98 Å². The molecule has 0 amide bonds. The third-order valence-electron chi connectivity index (χ3n) is 4.01. The van der Waals surface area contributed by atoms with Crippen LogP contribution in [0.5, 0.6) is 0 Å². The molecule has 0 fully saturated rings. The molecule has 2 heterocycles. The third-order valence-corrected chi connectivity index (χ3v) is 4.30. The predicted octanol–water partition coefficient (Wildman–Crippen LogP) is 3.88. The summed E-state index contributed by atoms with van der Waals surface area (Å²) in [5.41, 5.74) is 6.94. The molecule has 0 saturated carbocycles. The number of rotatable bonds is 1. The number of nitrogens with one attached hydrogen (secondary N) is 1. The molecule has 0 saturated heterocycles. The van der Waals surface area contributed by atoms with Crippen molar-refractivity contribution in [1.29, 1.82) is 0 Å². The zero-order valence-corrected chi connectivity index (χ0v) is 12.1. The molecule has 0 atom stereocenters. The normalized spacial score (nSPS) is 13.8. The highest BCUT2D eigenvalue weighted by molar-refractivity contribution is 7.71. The van der Waals surface area contributed by atoms with E-state index in [1.165, 1.54) is 30.4 Å². The number of aryl methyl sites for hydroxylation is 3. The Morgan fingerprint density at radius 2 is 2.00 bits per heavy atom. The fourth-order valence-electron chi connectivity index (χ4n) is 3.02. The molecule has 1 aromatic carbocycles. The molecule has 1 N–H and O–H groups in total. The first-order chi connectivity index (χ1) is 9.72. The number of aromatic amines is 1. The Bertz CT molecular complexity index is 873. The zero-order chi connectivity index (χ0) is 13.7. The quantitative estimate of drug-likeness (QED) is 0.687. The number of aromatic nitrogens is 3. The minimum atomic E-state index is 0.705. The summed E-state index contributed by atoms with van der Waals surface area (Å²) in [6, 6.07) is 10.7. The second kappa shape index (κ2) is 4.28. The number of H-pyrrole nitrogens is 1. The summed E-state index contributed by atoms with van der Waals surface area (Å²) in [4.78, 5) is 7.87. The SMILES string of the molecule is Cc1ccc2[nH]c(=S)n(-c3ccc4c(c3)CCC4)c2n1. The topological polar surface area (TPSA) is 33.6 Å². The van der Waals surface area contributed by atoms with Gasteiger partial charge in [-0.05, 0) is 73.8 Å². The van der Waals surface area contributed by atoms with Gasteiger partial charge in [0.15, 0.2) is 10.4 Å². The van der Waals surface area contributed by atoms with Crippen LogP contribution in [0.3, 0.4) is 0 Å². The van der Waals surface area contributed by atoms with E-state index in [9.17, 15) is 0 Å². The van der Waals surface area contributed by atoms with Crippen LogP contribution in [0.1, 0.15) is 23.2 Å². The maximum Gasteiger partial charge on any atom is 0.183 e. The molecular weight excluding hydrogens is 266 g/mol. The first-order valence-corrected chi connectivity index (χ1v) is 7.34. The van der Waals surface area contributed by atoms with Crippen molar-refractivity contribution in [2.45, 2.75) is 26.2 Å². The van der Waals surface area contributed by atoms with Crippen molar-refractivity contribution >= 4 is 23.4 Å². The third kappa shape index (κ3) is 1.72. The van der Waals surface area contributed by atoms with E-state index in [-0.39, 0.29) is 0 Å². The fourth-order valence-corrected chi connectivity index (χ4v) is 3.32. The lowest BCUT2D eigenvalue weighted by Crippen LogP contribution is -1.97. The van der Waals surface area contributed by atoms with Crippen LogP contribution in [0.4, 0.5) is 0 Å². The molecule has 0 bridgehead atoms. The Hall–Kier alpha value is -1.94. The van der Waals surface area contributed by atoms with Gasteiger partial charge in [0.2, 0.25) is 0 Å². The van der Waals surface area contributed by atoms with E-state index in [4.69, 9.17) is 12.2 Å². The molecule has 0 unspecified atom stereocenters. The van der Waals surface area contributed by atoms with E-state index in [0.29, 0.717) is 4.77 Å². The molecule has 2 aromatic heterocycles. The van der Waals surface area contributed by atoms with Gasteiger partial charge in [0, 0.05) is 5.69 Å². The number of nitrogens with zero attached hydrogens (tertiary/aromatic N) is 2. The van der Waals surface area contributed by atoms with Crippen LogP contribution in [-0.4, -0.2) is 14.5 Å². The maximum atomic E-state index is 5.47. The molecule has 3 nitrogen and oxygen atoms in total. The van der Waals surface area contributed by atoms with Crippen LogP contribution < -0.4 is 0 Å². The van der Waals surface area contributed by atoms with Crippen molar-refractivity contribution in [2.75, 3.05) is 0 Å². The molecule has 1 aliphatic rings. The van der Waals surface area contributed by atoms with E-state index < -0.39 is 0 Å². The number of pyridine rings is 1. The molecule has 0 spiro atoms. The van der Waals surface area contributed by atoms with Crippen molar-refractivity contribution in [2.24, 2.45) is 0 Å². The Labute approximate surface area is 122 Å². The molecule has 4 rings (SSSR count). The number of benzene rings is 1. The summed E-state index contributed by atoms with van der Waals surface area (Å²) >= 11 is 5.47. The first-order valence-electron chi connectivity index (χ1n) is 6.93. The molecule has 100 valence electrons. The van der Waals surface area contributed by atoms with Crippen LogP contribution in [-0.2, 0) is 12.8 Å². The Morgan fingerprint density at radius 1 is 1.15 bits per heavy atom. The van der Waals surface area contributed by atoms with Crippen molar-refractivity contribution in [1.82, 2.24) is 14.5 Å². The van der Waals surface area contributed by atoms with Gasteiger partial charge in [-0.25, -0.2) is 4.98 Å². The number of imidazole rings is 1. The highest BCUT2D eigenvalue weighted by Gasteiger charge is 2.13. The molecule has 1 aliphatic carbocycles. The second-order valence-corrected chi connectivity index (χ2v) is 5.78. The van der Waals surface area contributed by atoms with Crippen molar-refractivity contribution in [3.63, 3.8) is 0 Å². The smallest absolute Gasteiger partial charge is 0.183 e. The standard InChI is InChI=1S/C16H15N3S/c1-10-5-8-14-15(17-10)19(16(20)18-14)13-7-6-11-3-2-4-12(11)9-13/h5-9H,2-4H2,1H3,(H,18,20). The zero-order valence-electron chi connectivity index (χ0n) is 11.3. The van der Waals surface area contributed by atoms with Gasteiger partial charge in [-0.15, -0.1) is 0 Å². The van der Waals surface area contributed by atoms with Crippen LogP contribution in [0.15, 0.2) is 30.3 Å². The van der Waals surface area contributed by atoms with Gasteiger partial charge in [-0.1, -0.05) is 6.07 Å². The minimum absolute atomic E-state index is 0.705. The van der Waals surface area contributed by atoms with E-state index in [0.717, 1.165) is 22.5 Å². The van der Waals surface area contributed by atoms with Crippen LogP contribution in [0.2, 0.25) is 0 Å². The fraction of sp³-hybridized carbons (Fsp3) is 0.250. The lowest BCUT2D eigenvalue weighted by atomic mass is 10.1. The Balaban J connectivity index is 2.00. The Kier molecular flexibility index (Phi) is 2.54. The highest BCUT2D eigenvalue weighted by Crippen LogP contribution is 2.26. The number of fused-ring (bicyclic) bond motifs is 2. The summed E-state index contributed by atoms with van der Waals surface area (Å²) in [5, 5.41) is 0. The molecule has 0 aliphatic heterocycles.